The number of unbranched alkanes of at least 4 members (excludes halogenated alkanes) is 7. The lowest BCUT2D eigenvalue weighted by Gasteiger charge is -2.30. The lowest BCUT2D eigenvalue weighted by molar-refractivity contribution is 0.104. The van der Waals surface area contributed by atoms with E-state index >= 15 is 0 Å². The molecular weight excluding hydrogens is 434 g/mol. The Hall–Kier alpha value is -1.84. The highest BCUT2D eigenvalue weighted by Crippen LogP contribution is 2.21. The zero-order chi connectivity index (χ0) is 23.8. The van der Waals surface area contributed by atoms with Gasteiger partial charge in [0.1, 0.15) is 0 Å². The van der Waals surface area contributed by atoms with Crippen LogP contribution < -0.4 is 0 Å². The van der Waals surface area contributed by atoms with Crippen molar-refractivity contribution in [1.82, 2.24) is 4.90 Å². The lowest BCUT2D eigenvalue weighted by Crippen LogP contribution is -2.33. The molecule has 3 heteroatoms. The van der Waals surface area contributed by atoms with Gasteiger partial charge in [0.25, 0.3) is 0 Å². The van der Waals surface area contributed by atoms with Crippen LogP contribution in [0.3, 0.4) is 0 Å². The van der Waals surface area contributed by atoms with Crippen molar-refractivity contribution in [1.29, 1.82) is 0 Å². The van der Waals surface area contributed by atoms with E-state index in [-0.39, 0.29) is 5.78 Å². The van der Waals surface area contributed by atoms with E-state index in [1.807, 2.05) is 48.2 Å². The van der Waals surface area contributed by atoms with Crippen molar-refractivity contribution in [2.24, 2.45) is 5.92 Å². The molecule has 1 heterocycles. The summed E-state index contributed by atoms with van der Waals surface area (Å²) in [5, 5.41) is 0. The Morgan fingerprint density at radius 2 is 1.47 bits per heavy atom. The Morgan fingerprint density at radius 1 is 0.853 bits per heavy atom. The first-order valence-corrected chi connectivity index (χ1v) is 14.4. The van der Waals surface area contributed by atoms with E-state index in [1.54, 1.807) is 6.08 Å². The summed E-state index contributed by atoms with van der Waals surface area (Å²) in [6.45, 7) is 6.38. The Bertz CT molecular complexity index is 837. The summed E-state index contributed by atoms with van der Waals surface area (Å²) in [4.78, 5) is 16.2. The second-order valence-corrected chi connectivity index (χ2v) is 11.0. The van der Waals surface area contributed by atoms with Crippen LogP contribution in [0.15, 0.2) is 65.6 Å². The van der Waals surface area contributed by atoms with Gasteiger partial charge in [-0.1, -0.05) is 94.0 Å². The topological polar surface area (TPSA) is 20.3 Å². The quantitative estimate of drug-likeness (QED) is 0.111. The van der Waals surface area contributed by atoms with Gasteiger partial charge in [0.15, 0.2) is 5.78 Å². The fourth-order valence-corrected chi connectivity index (χ4v) is 5.43. The first-order valence-electron chi connectivity index (χ1n) is 13.4. The largest absolute Gasteiger partial charge is 0.303 e. The SMILES string of the molecule is CC1CCN(CCCCCCCCCCSc2ccc(/C=C/C(=O)c3ccccc3)cc2)CC1. The van der Waals surface area contributed by atoms with Crippen LogP contribution in [0.2, 0.25) is 0 Å². The standard InChI is InChI=1S/C31H43NOS/c1-27-21-24-32(25-22-27)23-11-6-4-2-3-5-7-12-26-34-30-18-15-28(16-19-30)17-20-31(33)29-13-9-8-10-14-29/h8-10,13-20,27H,2-7,11-12,21-26H2,1H3/b20-17+. The van der Waals surface area contributed by atoms with Crippen LogP contribution in [0.4, 0.5) is 0 Å². The predicted molar refractivity (Wildman–Crippen MR) is 149 cm³/mol. The summed E-state index contributed by atoms with van der Waals surface area (Å²) in [7, 11) is 0. The minimum Gasteiger partial charge on any atom is -0.303 e. The molecule has 0 unspecified atom stereocenters. The molecule has 0 N–H and O–H groups in total. The number of hydrogen-bond acceptors (Lipinski definition) is 3. The van der Waals surface area contributed by atoms with Crippen LogP contribution in [0.1, 0.15) is 87.1 Å². The second kappa shape index (κ2) is 15.9. The Kier molecular flexibility index (Phi) is 12.6. The van der Waals surface area contributed by atoms with E-state index in [4.69, 9.17) is 0 Å². The van der Waals surface area contributed by atoms with Crippen LogP contribution >= 0.6 is 11.8 Å². The smallest absolute Gasteiger partial charge is 0.185 e. The third kappa shape index (κ3) is 10.6. The minimum atomic E-state index is 0.0474. The zero-order valence-corrected chi connectivity index (χ0v) is 21.9. The number of nitrogens with zero attached hydrogens (tertiary/aromatic N) is 1. The maximum atomic E-state index is 12.2. The first-order chi connectivity index (χ1) is 16.7. The normalized spacial score (nSPS) is 15.2. The van der Waals surface area contributed by atoms with E-state index in [1.165, 1.54) is 94.5 Å². The highest BCUT2D eigenvalue weighted by molar-refractivity contribution is 7.99. The molecular formula is C31H43NOS. The van der Waals surface area contributed by atoms with Gasteiger partial charge >= 0.3 is 0 Å². The molecule has 2 nitrogen and oxygen atoms in total. The van der Waals surface area contributed by atoms with Crippen LogP contribution in [-0.4, -0.2) is 36.1 Å². The Morgan fingerprint density at radius 3 is 2.15 bits per heavy atom. The number of ketones is 1. The molecule has 0 radical (unpaired) electrons. The van der Waals surface area contributed by atoms with Crippen molar-refractivity contribution < 1.29 is 4.79 Å². The van der Waals surface area contributed by atoms with Gasteiger partial charge in [-0.2, -0.15) is 0 Å². The third-order valence-corrected chi connectivity index (χ3v) is 7.98. The molecule has 0 aliphatic carbocycles. The number of carbonyl (C=O) groups excluding carboxylic acids is 1. The molecule has 0 spiro atoms. The van der Waals surface area contributed by atoms with Gasteiger partial charge in [-0.3, -0.25) is 4.79 Å². The van der Waals surface area contributed by atoms with Gasteiger partial charge < -0.3 is 4.90 Å². The molecule has 1 aliphatic heterocycles. The monoisotopic (exact) mass is 477 g/mol. The maximum absolute atomic E-state index is 12.2. The molecule has 1 fully saturated rings. The van der Waals surface area contributed by atoms with Crippen LogP contribution in [0, 0.1) is 5.92 Å². The van der Waals surface area contributed by atoms with Crippen molar-refractivity contribution in [3.8, 4) is 0 Å². The van der Waals surface area contributed by atoms with Gasteiger partial charge in [0.05, 0.1) is 0 Å². The van der Waals surface area contributed by atoms with Gasteiger partial charge in [-0.25, -0.2) is 0 Å². The molecule has 0 atom stereocenters. The van der Waals surface area contributed by atoms with E-state index in [9.17, 15) is 4.79 Å². The number of piperidine rings is 1. The minimum absolute atomic E-state index is 0.0474. The van der Waals surface area contributed by atoms with Crippen LogP contribution in [-0.2, 0) is 0 Å². The number of hydrogen-bond donors (Lipinski definition) is 0. The lowest BCUT2D eigenvalue weighted by atomic mass is 9.99. The van der Waals surface area contributed by atoms with E-state index in [0.717, 1.165) is 17.0 Å². The van der Waals surface area contributed by atoms with Gasteiger partial charge in [0, 0.05) is 10.5 Å². The van der Waals surface area contributed by atoms with Crippen LogP contribution in [0.25, 0.3) is 6.08 Å². The molecule has 0 saturated carbocycles. The summed E-state index contributed by atoms with van der Waals surface area (Å²) >= 11 is 1.94. The van der Waals surface area contributed by atoms with Crippen molar-refractivity contribution in [3.05, 3.63) is 71.8 Å². The summed E-state index contributed by atoms with van der Waals surface area (Å²) < 4.78 is 0. The molecule has 2 aromatic carbocycles. The number of benzene rings is 2. The molecule has 2 aromatic rings. The number of carbonyl (C=O) groups is 1. The highest BCUT2D eigenvalue weighted by Gasteiger charge is 2.14. The molecule has 1 saturated heterocycles. The number of likely N-dealkylation sites (tertiary alicyclic amines) is 1. The summed E-state index contributed by atoms with van der Waals surface area (Å²) in [5.41, 5.74) is 1.80. The molecule has 0 aromatic heterocycles. The average molecular weight is 478 g/mol. The average Bonchev–Trinajstić information content (AvgIpc) is 2.88. The third-order valence-electron chi connectivity index (χ3n) is 6.88. The van der Waals surface area contributed by atoms with Gasteiger partial charge in [-0.05, 0) is 80.8 Å². The molecule has 34 heavy (non-hydrogen) atoms. The van der Waals surface area contributed by atoms with Crippen molar-refractivity contribution in [2.45, 2.75) is 76.0 Å². The molecule has 184 valence electrons. The number of rotatable bonds is 15. The molecule has 3 rings (SSSR count). The predicted octanol–water partition coefficient (Wildman–Crippen LogP) is 8.53. The zero-order valence-electron chi connectivity index (χ0n) is 21.1. The van der Waals surface area contributed by atoms with E-state index in [2.05, 4.69) is 36.1 Å². The van der Waals surface area contributed by atoms with Crippen molar-refractivity contribution in [3.63, 3.8) is 0 Å². The second-order valence-electron chi connectivity index (χ2n) is 9.83. The van der Waals surface area contributed by atoms with E-state index < -0.39 is 0 Å². The van der Waals surface area contributed by atoms with Crippen LogP contribution in [0.5, 0.6) is 0 Å². The Balaban J connectivity index is 1.16. The molecule has 0 amide bonds. The summed E-state index contributed by atoms with van der Waals surface area (Å²) in [6, 6.07) is 18.0. The molecule has 1 aliphatic rings. The highest BCUT2D eigenvalue weighted by atomic mass is 32.2. The Labute approximate surface area is 212 Å². The number of thioether (sulfide) groups is 1. The van der Waals surface area contributed by atoms with Crippen molar-refractivity contribution in [2.75, 3.05) is 25.4 Å². The fourth-order valence-electron chi connectivity index (χ4n) is 4.52. The maximum Gasteiger partial charge on any atom is 0.185 e. The van der Waals surface area contributed by atoms with Gasteiger partial charge in [-0.15, -0.1) is 11.8 Å². The van der Waals surface area contributed by atoms with Crippen molar-refractivity contribution >= 4 is 23.6 Å². The number of allylic oxidation sites excluding steroid dienone is 1. The fraction of sp³-hybridized carbons (Fsp3) is 0.516. The summed E-state index contributed by atoms with van der Waals surface area (Å²) in [5.74, 6) is 2.18. The molecule has 0 bridgehead atoms. The van der Waals surface area contributed by atoms with Gasteiger partial charge in [0.2, 0.25) is 0 Å². The summed E-state index contributed by atoms with van der Waals surface area (Å²) in [6.07, 6.45) is 17.4. The first kappa shape index (κ1) is 26.8. The van der Waals surface area contributed by atoms with E-state index in [0.29, 0.717) is 0 Å².